The molecule has 4 heteroatoms. The molecule has 1 N–H and O–H groups in total. The second kappa shape index (κ2) is 4.55. The molecule has 0 fully saturated rings. The van der Waals surface area contributed by atoms with E-state index in [1.165, 1.54) is 12.3 Å². The van der Waals surface area contributed by atoms with Gasteiger partial charge in [-0.05, 0) is 18.6 Å². The van der Waals surface area contributed by atoms with E-state index in [0.717, 1.165) is 11.1 Å². The molecular formula is C13H10ClNO2. The minimum Gasteiger partial charge on any atom is -0.478 e. The topological polar surface area (TPSA) is 50.2 Å². The zero-order chi connectivity index (χ0) is 12.4. The molecule has 0 saturated carbocycles. The Morgan fingerprint density at radius 3 is 2.47 bits per heavy atom. The smallest absolute Gasteiger partial charge is 0.336 e. The normalized spacial score (nSPS) is 10.2. The Hall–Kier alpha value is -1.87. The molecule has 1 aromatic carbocycles. The van der Waals surface area contributed by atoms with Gasteiger partial charge in [0.05, 0.1) is 5.56 Å². The van der Waals surface area contributed by atoms with Crippen molar-refractivity contribution in [3.8, 4) is 11.1 Å². The maximum absolute atomic E-state index is 11.1. The predicted octanol–water partition coefficient (Wildman–Crippen LogP) is 3.41. The number of aromatic nitrogens is 1. The molecule has 0 radical (unpaired) electrons. The molecule has 86 valence electrons. The van der Waals surface area contributed by atoms with Gasteiger partial charge in [-0.25, -0.2) is 9.78 Å². The van der Waals surface area contributed by atoms with E-state index >= 15 is 0 Å². The van der Waals surface area contributed by atoms with E-state index in [0.29, 0.717) is 5.56 Å². The molecule has 0 atom stereocenters. The number of hydrogen-bond donors (Lipinski definition) is 1. The number of carboxylic acid groups (broad SMARTS) is 1. The van der Waals surface area contributed by atoms with Crippen molar-refractivity contribution >= 4 is 17.6 Å². The van der Waals surface area contributed by atoms with E-state index in [-0.39, 0.29) is 10.7 Å². The molecule has 0 amide bonds. The summed E-state index contributed by atoms with van der Waals surface area (Å²) in [5, 5.41) is 9.32. The Morgan fingerprint density at radius 2 is 1.88 bits per heavy atom. The van der Waals surface area contributed by atoms with E-state index in [1.807, 2.05) is 31.2 Å². The molecule has 1 aromatic heterocycles. The summed E-state index contributed by atoms with van der Waals surface area (Å²) in [6.07, 6.45) is 1.39. The van der Waals surface area contributed by atoms with Gasteiger partial charge in [0.1, 0.15) is 5.15 Å². The number of aryl methyl sites for hydroxylation is 1. The van der Waals surface area contributed by atoms with Crippen molar-refractivity contribution in [2.45, 2.75) is 6.92 Å². The lowest BCUT2D eigenvalue weighted by Crippen LogP contribution is -2.01. The van der Waals surface area contributed by atoms with Crippen LogP contribution in [0.4, 0.5) is 0 Å². The summed E-state index contributed by atoms with van der Waals surface area (Å²) in [7, 11) is 0. The number of carbonyl (C=O) groups is 1. The number of rotatable bonds is 2. The fraction of sp³-hybridized carbons (Fsp3) is 0.0769. The molecule has 2 rings (SSSR count). The van der Waals surface area contributed by atoms with Gasteiger partial charge in [-0.2, -0.15) is 0 Å². The van der Waals surface area contributed by atoms with Gasteiger partial charge in [0.25, 0.3) is 0 Å². The second-order valence-electron chi connectivity index (χ2n) is 3.70. The van der Waals surface area contributed by atoms with Crippen LogP contribution in [0.15, 0.2) is 36.5 Å². The van der Waals surface area contributed by atoms with Crippen molar-refractivity contribution < 1.29 is 9.90 Å². The molecule has 0 aliphatic carbocycles. The highest BCUT2D eigenvalue weighted by Crippen LogP contribution is 2.29. The number of carboxylic acids is 1. The number of nitrogens with zero attached hydrogens (tertiary/aromatic N) is 1. The quantitative estimate of drug-likeness (QED) is 0.828. The van der Waals surface area contributed by atoms with Gasteiger partial charge in [-0.15, -0.1) is 0 Å². The second-order valence-corrected chi connectivity index (χ2v) is 4.05. The highest BCUT2D eigenvalue weighted by molar-refractivity contribution is 6.32. The molecule has 1 heterocycles. The third kappa shape index (κ3) is 2.29. The van der Waals surface area contributed by atoms with Gasteiger partial charge in [0.15, 0.2) is 0 Å². The third-order valence-electron chi connectivity index (χ3n) is 2.48. The summed E-state index contributed by atoms with van der Waals surface area (Å²) in [6.45, 7) is 1.97. The molecule has 0 spiro atoms. The van der Waals surface area contributed by atoms with Crippen LogP contribution < -0.4 is 0 Å². The first-order chi connectivity index (χ1) is 8.09. The zero-order valence-corrected chi connectivity index (χ0v) is 9.90. The van der Waals surface area contributed by atoms with Crippen molar-refractivity contribution in [3.05, 3.63) is 52.8 Å². The first-order valence-electron chi connectivity index (χ1n) is 5.04. The Morgan fingerprint density at radius 1 is 1.24 bits per heavy atom. The summed E-state index contributed by atoms with van der Waals surface area (Å²) in [4.78, 5) is 15.1. The molecule has 0 aliphatic rings. The van der Waals surface area contributed by atoms with E-state index in [2.05, 4.69) is 4.98 Å². The van der Waals surface area contributed by atoms with Gasteiger partial charge < -0.3 is 5.11 Å². The van der Waals surface area contributed by atoms with Crippen LogP contribution in [0.25, 0.3) is 11.1 Å². The third-order valence-corrected chi connectivity index (χ3v) is 2.76. The summed E-state index contributed by atoms with van der Waals surface area (Å²) in [5.74, 6) is -1.01. The summed E-state index contributed by atoms with van der Waals surface area (Å²) in [5.41, 5.74) is 2.48. The Kier molecular flexibility index (Phi) is 3.11. The lowest BCUT2D eigenvalue weighted by atomic mass is 10.0. The monoisotopic (exact) mass is 247 g/mol. The summed E-state index contributed by atoms with van der Waals surface area (Å²) >= 11 is 5.97. The lowest BCUT2D eigenvalue weighted by molar-refractivity contribution is 0.0697. The molecule has 3 nitrogen and oxygen atoms in total. The fourth-order valence-electron chi connectivity index (χ4n) is 1.61. The largest absolute Gasteiger partial charge is 0.478 e. The maximum atomic E-state index is 11.1. The van der Waals surface area contributed by atoms with E-state index < -0.39 is 5.97 Å². The summed E-state index contributed by atoms with van der Waals surface area (Å²) in [6, 6.07) is 8.94. The van der Waals surface area contributed by atoms with Crippen LogP contribution in [0.5, 0.6) is 0 Å². The van der Waals surface area contributed by atoms with Crippen molar-refractivity contribution in [2.24, 2.45) is 0 Å². The molecule has 0 unspecified atom stereocenters. The zero-order valence-electron chi connectivity index (χ0n) is 9.14. The van der Waals surface area contributed by atoms with Crippen molar-refractivity contribution in [3.63, 3.8) is 0 Å². The Balaban J connectivity index is 2.65. The predicted molar refractivity (Wildman–Crippen MR) is 66.4 cm³/mol. The van der Waals surface area contributed by atoms with Gasteiger partial charge in [-0.3, -0.25) is 0 Å². The lowest BCUT2D eigenvalue weighted by Gasteiger charge is -2.07. The number of hydrogen-bond acceptors (Lipinski definition) is 2. The number of benzene rings is 1. The maximum Gasteiger partial charge on any atom is 0.336 e. The van der Waals surface area contributed by atoms with Crippen LogP contribution in [-0.2, 0) is 0 Å². The van der Waals surface area contributed by atoms with Gasteiger partial charge in [-0.1, -0.05) is 41.4 Å². The van der Waals surface area contributed by atoms with E-state index in [1.54, 1.807) is 0 Å². The van der Waals surface area contributed by atoms with Crippen LogP contribution in [-0.4, -0.2) is 16.1 Å². The van der Waals surface area contributed by atoms with Gasteiger partial charge in [0, 0.05) is 11.8 Å². The van der Waals surface area contributed by atoms with Crippen LogP contribution in [0, 0.1) is 6.92 Å². The first-order valence-corrected chi connectivity index (χ1v) is 5.42. The highest BCUT2D eigenvalue weighted by Gasteiger charge is 2.15. The minimum atomic E-state index is -1.01. The summed E-state index contributed by atoms with van der Waals surface area (Å²) < 4.78 is 0. The fourth-order valence-corrected chi connectivity index (χ4v) is 1.88. The molecule has 2 aromatic rings. The first kappa shape index (κ1) is 11.6. The molecular weight excluding hydrogens is 238 g/mol. The van der Waals surface area contributed by atoms with Crippen LogP contribution in [0.2, 0.25) is 5.15 Å². The molecule has 0 saturated heterocycles. The standard InChI is InChI=1S/C13H10ClNO2/c1-8-2-4-9(5-3-8)11-10(13(16)17)6-7-15-12(11)14/h2-7H,1H3,(H,16,17). The number of halogens is 1. The van der Waals surface area contributed by atoms with Gasteiger partial charge in [0.2, 0.25) is 0 Å². The number of aromatic carboxylic acids is 1. The minimum absolute atomic E-state index is 0.161. The SMILES string of the molecule is Cc1ccc(-c2c(C(=O)O)ccnc2Cl)cc1. The Labute approximate surface area is 104 Å². The van der Waals surface area contributed by atoms with Crippen molar-refractivity contribution in [1.82, 2.24) is 4.98 Å². The molecule has 0 bridgehead atoms. The van der Waals surface area contributed by atoms with E-state index in [4.69, 9.17) is 16.7 Å². The van der Waals surface area contributed by atoms with Crippen LogP contribution in [0.1, 0.15) is 15.9 Å². The average Bonchev–Trinajstić information content (AvgIpc) is 2.30. The average molecular weight is 248 g/mol. The van der Waals surface area contributed by atoms with Crippen LogP contribution in [0.3, 0.4) is 0 Å². The molecule has 17 heavy (non-hydrogen) atoms. The van der Waals surface area contributed by atoms with Crippen molar-refractivity contribution in [1.29, 1.82) is 0 Å². The van der Waals surface area contributed by atoms with E-state index in [9.17, 15) is 4.79 Å². The number of pyridine rings is 1. The van der Waals surface area contributed by atoms with Crippen LogP contribution >= 0.6 is 11.6 Å². The van der Waals surface area contributed by atoms with Gasteiger partial charge >= 0.3 is 5.97 Å². The van der Waals surface area contributed by atoms with Crippen molar-refractivity contribution in [2.75, 3.05) is 0 Å². The highest BCUT2D eigenvalue weighted by atomic mass is 35.5. The molecule has 0 aliphatic heterocycles. The Bertz CT molecular complexity index is 564.